The monoisotopic (exact) mass is 718 g/mol. The summed E-state index contributed by atoms with van der Waals surface area (Å²) >= 11 is 0. The maximum atomic E-state index is 13.8. The summed E-state index contributed by atoms with van der Waals surface area (Å²) in [6, 6.07) is 16.6. The van der Waals surface area contributed by atoms with Gasteiger partial charge in [-0.25, -0.2) is 18.0 Å². The molecule has 1 aliphatic heterocycles. The Balaban J connectivity index is 1.23. The fraction of sp³-hybridized carbons (Fsp3) is 0.389. The Labute approximate surface area is 295 Å². The molecule has 3 aromatic carbocycles. The first kappa shape index (κ1) is 35.8. The number of imidazole rings is 1. The van der Waals surface area contributed by atoms with Crippen molar-refractivity contribution in [2.45, 2.75) is 50.0 Å². The lowest BCUT2D eigenvalue weighted by Crippen LogP contribution is -2.48. The number of aryl methyl sites for hydroxylation is 1. The van der Waals surface area contributed by atoms with Crippen LogP contribution in [0.5, 0.6) is 0 Å². The summed E-state index contributed by atoms with van der Waals surface area (Å²) in [6.45, 7) is 3.51. The molecule has 1 atom stereocenters. The van der Waals surface area contributed by atoms with Crippen LogP contribution in [0, 0.1) is 18.8 Å². The number of sulfonamides is 1. The molecule has 2 aliphatic rings. The van der Waals surface area contributed by atoms with Crippen LogP contribution in [-0.2, 0) is 30.8 Å². The Morgan fingerprint density at radius 3 is 2.45 bits per heavy atom. The average Bonchev–Trinajstić information content (AvgIpc) is 3.50. The third-order valence-corrected chi connectivity index (χ3v) is 11.6. The fourth-order valence-electron chi connectivity index (χ4n) is 6.81. The minimum absolute atomic E-state index is 0.146. The van der Waals surface area contributed by atoms with E-state index in [2.05, 4.69) is 25.9 Å². The van der Waals surface area contributed by atoms with Gasteiger partial charge in [-0.05, 0) is 91.1 Å². The molecule has 51 heavy (non-hydrogen) atoms. The van der Waals surface area contributed by atoms with Crippen molar-refractivity contribution in [1.29, 1.82) is 0 Å². The van der Waals surface area contributed by atoms with Crippen LogP contribution in [0.3, 0.4) is 0 Å². The molecule has 6 N–H and O–H groups in total. The van der Waals surface area contributed by atoms with E-state index in [1.165, 1.54) is 4.31 Å². The molecule has 3 amide bonds. The van der Waals surface area contributed by atoms with Gasteiger partial charge in [-0.15, -0.1) is 0 Å². The van der Waals surface area contributed by atoms with E-state index in [1.54, 1.807) is 36.4 Å². The summed E-state index contributed by atoms with van der Waals surface area (Å²) in [5.41, 5.74) is 4.32. The molecule has 1 aromatic heterocycles. The van der Waals surface area contributed by atoms with Gasteiger partial charge < -0.3 is 35.8 Å². The SMILES string of the molecule is Cc1ccc(S(=O)(=O)N2CCOCC2)cc1-c1cccc(C[C@H](NC(=O)C2CCC(CNC(=O)O)CC2)C(=O)Nc2ccc3[nH]c(=O)[nH]c3c2)c1. The van der Waals surface area contributed by atoms with Crippen molar-refractivity contribution in [3.8, 4) is 11.1 Å². The number of carbonyl (C=O) groups is 3. The summed E-state index contributed by atoms with van der Waals surface area (Å²) < 4.78 is 33.7. The van der Waals surface area contributed by atoms with Gasteiger partial charge in [0.25, 0.3) is 0 Å². The number of benzene rings is 3. The summed E-state index contributed by atoms with van der Waals surface area (Å²) in [5, 5.41) is 17.2. The average molecular weight is 719 g/mol. The van der Waals surface area contributed by atoms with Gasteiger partial charge in [0.05, 0.1) is 29.1 Å². The maximum Gasteiger partial charge on any atom is 0.404 e. The Bertz CT molecular complexity index is 2080. The van der Waals surface area contributed by atoms with Crippen molar-refractivity contribution in [2.75, 3.05) is 38.2 Å². The van der Waals surface area contributed by atoms with Gasteiger partial charge in [0.1, 0.15) is 6.04 Å². The first-order valence-electron chi connectivity index (χ1n) is 17.0. The fourth-order valence-corrected chi connectivity index (χ4v) is 8.24. The predicted molar refractivity (Wildman–Crippen MR) is 191 cm³/mol. The highest BCUT2D eigenvalue weighted by Crippen LogP contribution is 2.31. The molecule has 2 heterocycles. The van der Waals surface area contributed by atoms with Crippen molar-refractivity contribution in [2.24, 2.45) is 11.8 Å². The first-order valence-corrected chi connectivity index (χ1v) is 18.5. The van der Waals surface area contributed by atoms with Crippen LogP contribution < -0.4 is 21.6 Å². The van der Waals surface area contributed by atoms with E-state index in [0.717, 1.165) is 22.3 Å². The van der Waals surface area contributed by atoms with E-state index in [-0.39, 0.29) is 47.8 Å². The summed E-state index contributed by atoms with van der Waals surface area (Å²) in [6.07, 6.45) is 1.59. The number of amides is 3. The number of hydrogen-bond acceptors (Lipinski definition) is 7. The van der Waals surface area contributed by atoms with E-state index >= 15 is 0 Å². The number of fused-ring (bicyclic) bond motifs is 1. The number of ether oxygens (including phenoxy) is 1. The summed E-state index contributed by atoms with van der Waals surface area (Å²) in [5.74, 6) is -0.876. The lowest BCUT2D eigenvalue weighted by Gasteiger charge is -2.29. The van der Waals surface area contributed by atoms with Gasteiger partial charge in [0.2, 0.25) is 21.8 Å². The van der Waals surface area contributed by atoms with Crippen molar-refractivity contribution in [3.63, 3.8) is 0 Å². The van der Waals surface area contributed by atoms with Crippen LogP contribution in [0.15, 0.2) is 70.4 Å². The highest BCUT2D eigenvalue weighted by atomic mass is 32.2. The molecular formula is C36H42N6O8S. The zero-order chi connectivity index (χ0) is 36.1. The third-order valence-electron chi connectivity index (χ3n) is 9.67. The van der Waals surface area contributed by atoms with E-state index in [1.807, 2.05) is 31.2 Å². The number of carbonyl (C=O) groups excluding carboxylic acids is 2. The number of carboxylic acid groups (broad SMARTS) is 1. The minimum atomic E-state index is -3.73. The quantitative estimate of drug-likeness (QED) is 0.135. The number of nitrogens with one attached hydrogen (secondary N) is 5. The second kappa shape index (κ2) is 15.5. The Morgan fingerprint density at radius 2 is 1.71 bits per heavy atom. The number of nitrogens with zero attached hydrogens (tertiary/aromatic N) is 1. The second-order valence-electron chi connectivity index (χ2n) is 13.2. The zero-order valence-corrected chi connectivity index (χ0v) is 29.1. The molecule has 1 aliphatic carbocycles. The number of H-pyrrole nitrogens is 2. The smallest absolute Gasteiger partial charge is 0.404 e. The molecule has 0 unspecified atom stereocenters. The van der Waals surface area contributed by atoms with Gasteiger partial charge in [-0.3, -0.25) is 9.59 Å². The topological polar surface area (TPSA) is 203 Å². The highest BCUT2D eigenvalue weighted by molar-refractivity contribution is 7.89. The van der Waals surface area contributed by atoms with Crippen molar-refractivity contribution < 1.29 is 32.6 Å². The number of rotatable bonds is 11. The lowest BCUT2D eigenvalue weighted by atomic mass is 9.81. The number of morpholine rings is 1. The molecule has 0 radical (unpaired) electrons. The number of anilines is 1. The molecule has 270 valence electrons. The zero-order valence-electron chi connectivity index (χ0n) is 28.2. The highest BCUT2D eigenvalue weighted by Gasteiger charge is 2.31. The number of hydrogen-bond donors (Lipinski definition) is 6. The van der Waals surface area contributed by atoms with Crippen LogP contribution in [0.25, 0.3) is 22.2 Å². The molecule has 0 bridgehead atoms. The predicted octanol–water partition coefficient (Wildman–Crippen LogP) is 3.59. The van der Waals surface area contributed by atoms with Gasteiger partial charge in [0, 0.05) is 37.7 Å². The first-order chi connectivity index (χ1) is 24.5. The Kier molecular flexibility index (Phi) is 10.9. The van der Waals surface area contributed by atoms with E-state index in [9.17, 15) is 27.6 Å². The van der Waals surface area contributed by atoms with E-state index in [0.29, 0.717) is 62.2 Å². The molecular weight excluding hydrogens is 676 g/mol. The molecule has 6 rings (SSSR count). The van der Waals surface area contributed by atoms with Gasteiger partial charge in [-0.2, -0.15) is 4.31 Å². The Hall–Kier alpha value is -4.99. The minimum Gasteiger partial charge on any atom is -0.465 e. The van der Waals surface area contributed by atoms with Gasteiger partial charge in [0.15, 0.2) is 0 Å². The van der Waals surface area contributed by atoms with Crippen LogP contribution >= 0.6 is 0 Å². The van der Waals surface area contributed by atoms with Gasteiger partial charge in [-0.1, -0.05) is 30.3 Å². The maximum absolute atomic E-state index is 13.8. The molecule has 2 fully saturated rings. The molecule has 4 aromatic rings. The normalized spacial score (nSPS) is 18.9. The van der Waals surface area contributed by atoms with E-state index < -0.39 is 28.1 Å². The lowest BCUT2D eigenvalue weighted by molar-refractivity contribution is -0.130. The molecule has 14 nitrogen and oxygen atoms in total. The summed E-state index contributed by atoms with van der Waals surface area (Å²) in [4.78, 5) is 55.7. The third kappa shape index (κ3) is 8.67. The van der Waals surface area contributed by atoms with Crippen LogP contribution in [-0.4, -0.2) is 84.6 Å². The molecule has 0 spiro atoms. The standard InChI is InChI=1S/C36H42N6O8S/c1-22-5-11-28(51(48,49)42-13-15-50-16-14-42)20-29(22)26-4-2-3-24(17-26)18-32(34(44)38-27-10-12-30-31(19-27)41-35(45)40-30)39-33(43)25-8-6-23(7-9-25)21-37-36(46)47/h2-5,10-12,17,19-20,23,25,32,37H,6-9,13-16,18,21H2,1H3,(H,38,44)(H,39,43)(H,46,47)(H2,40,41,45)/t23?,25?,32-/m0/s1. The summed E-state index contributed by atoms with van der Waals surface area (Å²) in [7, 11) is -3.73. The van der Waals surface area contributed by atoms with Crippen molar-refractivity contribution >= 4 is 44.7 Å². The number of aromatic nitrogens is 2. The largest absolute Gasteiger partial charge is 0.465 e. The van der Waals surface area contributed by atoms with Crippen molar-refractivity contribution in [1.82, 2.24) is 24.9 Å². The van der Waals surface area contributed by atoms with Crippen LogP contribution in [0.1, 0.15) is 36.8 Å². The molecule has 1 saturated heterocycles. The van der Waals surface area contributed by atoms with Crippen LogP contribution in [0.4, 0.5) is 10.5 Å². The van der Waals surface area contributed by atoms with Gasteiger partial charge >= 0.3 is 11.8 Å². The van der Waals surface area contributed by atoms with E-state index in [4.69, 9.17) is 9.84 Å². The second-order valence-corrected chi connectivity index (χ2v) is 15.1. The molecule has 15 heteroatoms. The molecule has 1 saturated carbocycles. The number of aromatic amines is 2. The Morgan fingerprint density at radius 1 is 0.961 bits per heavy atom. The van der Waals surface area contributed by atoms with Crippen LogP contribution in [0.2, 0.25) is 0 Å². The van der Waals surface area contributed by atoms with Crippen molar-refractivity contribution in [3.05, 3.63) is 82.3 Å².